The van der Waals surface area contributed by atoms with Crippen molar-refractivity contribution in [1.29, 1.82) is 0 Å². The molecule has 2 aromatic carbocycles. The summed E-state index contributed by atoms with van der Waals surface area (Å²) in [7, 11) is 3.53. The molecule has 2 heterocycles. The fraction of sp³-hybridized carbons (Fsp3) is 0.280. The third-order valence-corrected chi connectivity index (χ3v) is 6.25. The number of anilines is 1. The van der Waals surface area contributed by atoms with E-state index < -0.39 is 0 Å². The lowest BCUT2D eigenvalue weighted by Crippen LogP contribution is -2.28. The zero-order chi connectivity index (χ0) is 24.2. The van der Waals surface area contributed by atoms with Crippen molar-refractivity contribution in [2.75, 3.05) is 24.8 Å². The maximum atomic E-state index is 12.9. The van der Waals surface area contributed by atoms with Gasteiger partial charge in [0.1, 0.15) is 17.1 Å². The van der Waals surface area contributed by atoms with Crippen LogP contribution in [0.2, 0.25) is 0 Å². The first-order valence-electron chi connectivity index (χ1n) is 11.0. The number of benzene rings is 2. The lowest BCUT2D eigenvalue weighted by atomic mass is 10.1. The van der Waals surface area contributed by atoms with E-state index >= 15 is 0 Å². The lowest BCUT2D eigenvalue weighted by molar-refractivity contribution is 0.341. The van der Waals surface area contributed by atoms with Crippen LogP contribution < -0.4 is 15.2 Å². The molecule has 176 valence electrons. The molecule has 0 radical (unpaired) electrons. The van der Waals surface area contributed by atoms with Crippen molar-refractivity contribution in [1.82, 2.24) is 19.7 Å². The summed E-state index contributed by atoms with van der Waals surface area (Å²) in [5.74, 6) is 1.09. The molecular weight excluding hydrogens is 448 g/mol. The number of amidine groups is 1. The van der Waals surface area contributed by atoms with Crippen LogP contribution in [-0.2, 0) is 13.6 Å². The van der Waals surface area contributed by atoms with Gasteiger partial charge < -0.3 is 14.6 Å². The summed E-state index contributed by atoms with van der Waals surface area (Å²) in [4.78, 5) is 27.2. The molecule has 0 fully saturated rings. The largest absolute Gasteiger partial charge is 0.493 e. The molecular formula is C25H28N6O2S. The molecule has 0 atom stereocenters. The van der Waals surface area contributed by atoms with Gasteiger partial charge in [-0.15, -0.1) is 0 Å². The second kappa shape index (κ2) is 10.1. The average molecular weight is 477 g/mol. The Hall–Kier alpha value is -3.59. The van der Waals surface area contributed by atoms with E-state index in [1.54, 1.807) is 30.5 Å². The molecule has 0 unspecified atom stereocenters. The Morgan fingerprint density at radius 2 is 2.00 bits per heavy atom. The fourth-order valence-electron chi connectivity index (χ4n) is 3.98. The number of ether oxygens (including phenoxy) is 1. The van der Waals surface area contributed by atoms with Crippen LogP contribution in [0.15, 0.2) is 58.3 Å². The van der Waals surface area contributed by atoms with Gasteiger partial charge in [-0.05, 0) is 43.9 Å². The molecule has 0 aliphatic carbocycles. The third-order valence-electron chi connectivity index (χ3n) is 5.48. The number of fused-ring (bicyclic) bond motifs is 1. The molecule has 1 N–H and O–H groups in total. The Bertz CT molecular complexity index is 1390. The van der Waals surface area contributed by atoms with E-state index in [0.717, 1.165) is 16.4 Å². The minimum atomic E-state index is -0.239. The summed E-state index contributed by atoms with van der Waals surface area (Å²) in [6.07, 6.45) is 2.01. The monoisotopic (exact) mass is 476 g/mol. The Kier molecular flexibility index (Phi) is 7.02. The van der Waals surface area contributed by atoms with Crippen molar-refractivity contribution in [3.05, 3.63) is 70.1 Å². The summed E-state index contributed by atoms with van der Waals surface area (Å²) < 4.78 is 7.47. The normalized spacial score (nSPS) is 11.7. The van der Waals surface area contributed by atoms with E-state index in [4.69, 9.17) is 9.72 Å². The molecule has 0 bridgehead atoms. The van der Waals surface area contributed by atoms with Crippen molar-refractivity contribution in [2.24, 2.45) is 12.0 Å². The highest BCUT2D eigenvalue weighted by atomic mass is 32.2. The molecule has 4 rings (SSSR count). The zero-order valence-electron chi connectivity index (χ0n) is 20.0. The number of aromatic nitrogens is 4. The number of nitrogens with zero attached hydrogens (tertiary/aromatic N) is 5. The van der Waals surface area contributed by atoms with Crippen LogP contribution in [-0.4, -0.2) is 44.8 Å². The van der Waals surface area contributed by atoms with Crippen LogP contribution >= 0.6 is 11.8 Å². The van der Waals surface area contributed by atoms with E-state index in [1.807, 2.05) is 56.5 Å². The maximum absolute atomic E-state index is 12.9. The number of aliphatic imine (C=N–C) groups is 1. The average Bonchev–Trinajstić information content (AvgIpc) is 3.14. The lowest BCUT2D eigenvalue weighted by Gasteiger charge is -2.26. The van der Waals surface area contributed by atoms with Gasteiger partial charge in [0.15, 0.2) is 10.7 Å². The van der Waals surface area contributed by atoms with Crippen LogP contribution in [0.3, 0.4) is 0 Å². The van der Waals surface area contributed by atoms with Crippen molar-refractivity contribution < 1.29 is 4.74 Å². The van der Waals surface area contributed by atoms with Crippen LogP contribution in [0, 0.1) is 6.92 Å². The summed E-state index contributed by atoms with van der Waals surface area (Å²) in [5, 5.41) is 5.23. The molecule has 2 aromatic heterocycles. The third kappa shape index (κ3) is 4.56. The van der Waals surface area contributed by atoms with Crippen LogP contribution in [0.25, 0.3) is 22.4 Å². The van der Waals surface area contributed by atoms with Crippen molar-refractivity contribution in [2.45, 2.75) is 20.4 Å². The molecule has 0 amide bonds. The highest BCUT2D eigenvalue weighted by Gasteiger charge is 2.19. The first-order chi connectivity index (χ1) is 16.5. The minimum Gasteiger partial charge on any atom is -0.493 e. The smallest absolute Gasteiger partial charge is 0.277 e. The Morgan fingerprint density at radius 3 is 2.68 bits per heavy atom. The van der Waals surface area contributed by atoms with Gasteiger partial charge in [-0.25, -0.2) is 4.98 Å². The number of nitrogens with one attached hydrogen (secondary N) is 1. The quantitative estimate of drug-likeness (QED) is 0.328. The highest BCUT2D eigenvalue weighted by Crippen LogP contribution is 2.34. The summed E-state index contributed by atoms with van der Waals surface area (Å²) in [6, 6.07) is 16.2. The molecule has 9 heteroatoms. The molecule has 0 saturated carbocycles. The van der Waals surface area contributed by atoms with E-state index in [-0.39, 0.29) is 5.56 Å². The van der Waals surface area contributed by atoms with Gasteiger partial charge in [0.05, 0.1) is 24.4 Å². The molecule has 0 saturated heterocycles. The number of thioether (sulfide) groups is 1. The number of rotatable bonds is 6. The summed E-state index contributed by atoms with van der Waals surface area (Å²) >= 11 is 1.58. The van der Waals surface area contributed by atoms with Crippen LogP contribution in [0.5, 0.6) is 5.75 Å². The zero-order valence-corrected chi connectivity index (χ0v) is 20.8. The van der Waals surface area contributed by atoms with Gasteiger partial charge in [-0.1, -0.05) is 42.1 Å². The van der Waals surface area contributed by atoms with Crippen LogP contribution in [0.1, 0.15) is 18.2 Å². The molecule has 8 nitrogen and oxygen atoms in total. The van der Waals surface area contributed by atoms with E-state index in [1.165, 1.54) is 0 Å². The Labute approximate surface area is 202 Å². The summed E-state index contributed by atoms with van der Waals surface area (Å²) in [5.41, 5.74) is 4.27. The standard InChI is InChI=1S/C25H28N6O2S/c1-6-33-20-13-12-18(31(25(26-3)34-5)15-17-10-8-7-9-11-17)14-19(20)23-27-21-16(2)29-30(4)22(21)24(32)28-23/h7-14H,6,15H2,1-5H3,(H,27,28,32). The molecule has 0 aliphatic heterocycles. The number of H-pyrrole nitrogens is 1. The van der Waals surface area contributed by atoms with Crippen LogP contribution in [0.4, 0.5) is 5.69 Å². The predicted molar refractivity (Wildman–Crippen MR) is 140 cm³/mol. The number of hydrogen-bond acceptors (Lipinski definition) is 6. The van der Waals surface area contributed by atoms with Gasteiger partial charge in [0, 0.05) is 19.8 Å². The first kappa shape index (κ1) is 23.6. The molecule has 0 spiro atoms. The Balaban J connectivity index is 1.88. The summed E-state index contributed by atoms with van der Waals surface area (Å²) in [6.45, 7) is 4.92. The number of aromatic amines is 1. The van der Waals surface area contributed by atoms with Crippen molar-refractivity contribution >= 4 is 33.7 Å². The van der Waals surface area contributed by atoms with Gasteiger partial charge in [0.25, 0.3) is 5.56 Å². The first-order valence-corrected chi connectivity index (χ1v) is 12.2. The second-order valence-electron chi connectivity index (χ2n) is 7.72. The van der Waals surface area contributed by atoms with E-state index in [2.05, 4.69) is 32.1 Å². The SMILES string of the molecule is CCOc1ccc(N(Cc2ccccc2)C(=NC)SC)cc1-c1nc2c(C)nn(C)c2c(=O)[nH]1. The molecule has 4 aromatic rings. The number of hydrogen-bond donors (Lipinski definition) is 1. The van der Waals surface area contributed by atoms with Gasteiger partial charge in [-0.3, -0.25) is 14.5 Å². The predicted octanol–water partition coefficient (Wildman–Crippen LogP) is 4.39. The van der Waals surface area contributed by atoms with E-state index in [0.29, 0.717) is 47.0 Å². The Morgan fingerprint density at radius 1 is 1.24 bits per heavy atom. The van der Waals surface area contributed by atoms with Gasteiger partial charge in [-0.2, -0.15) is 5.10 Å². The molecule has 0 aliphatic rings. The van der Waals surface area contributed by atoms with Gasteiger partial charge >= 0.3 is 0 Å². The highest BCUT2D eigenvalue weighted by molar-refractivity contribution is 8.13. The second-order valence-corrected chi connectivity index (χ2v) is 8.49. The number of aryl methyl sites for hydroxylation is 2. The van der Waals surface area contributed by atoms with Crippen molar-refractivity contribution in [3.63, 3.8) is 0 Å². The minimum absolute atomic E-state index is 0.239. The van der Waals surface area contributed by atoms with E-state index in [9.17, 15) is 4.79 Å². The topological polar surface area (TPSA) is 88.4 Å². The maximum Gasteiger partial charge on any atom is 0.277 e. The van der Waals surface area contributed by atoms with Crippen molar-refractivity contribution in [3.8, 4) is 17.1 Å². The van der Waals surface area contributed by atoms with Gasteiger partial charge in [0.2, 0.25) is 0 Å². The fourth-order valence-corrected chi connectivity index (χ4v) is 4.55. The molecule has 34 heavy (non-hydrogen) atoms.